The standard InChI is InChI=1S/C13H25NO4/c1-6-16-12(17-7-2)10(8-15)11(14)9-18-13(3,4)5/h11-12H,6-7,9,14H2,1-5H3/t11-/m0/s1. The maximum atomic E-state index is 11.0. The van der Waals surface area contributed by atoms with E-state index in [0.29, 0.717) is 13.2 Å². The summed E-state index contributed by atoms with van der Waals surface area (Å²) < 4.78 is 16.2. The predicted molar refractivity (Wildman–Crippen MR) is 69.9 cm³/mol. The van der Waals surface area contributed by atoms with Crippen LogP contribution in [-0.2, 0) is 19.0 Å². The van der Waals surface area contributed by atoms with Crippen molar-refractivity contribution in [2.24, 2.45) is 5.73 Å². The van der Waals surface area contributed by atoms with Gasteiger partial charge in [-0.3, -0.25) is 0 Å². The second-order valence-electron chi connectivity index (χ2n) is 4.83. The Balaban J connectivity index is 4.59. The normalized spacial score (nSPS) is 13.5. The molecule has 0 fully saturated rings. The topological polar surface area (TPSA) is 70.8 Å². The third-order valence-electron chi connectivity index (χ3n) is 2.10. The van der Waals surface area contributed by atoms with E-state index in [9.17, 15) is 4.79 Å². The van der Waals surface area contributed by atoms with Gasteiger partial charge in [-0.15, -0.1) is 0 Å². The zero-order chi connectivity index (χ0) is 14.2. The Hall–Kier alpha value is -0.710. The maximum absolute atomic E-state index is 11.0. The van der Waals surface area contributed by atoms with Crippen LogP contribution in [0.1, 0.15) is 34.6 Å². The molecule has 1 atom stereocenters. The summed E-state index contributed by atoms with van der Waals surface area (Å²) >= 11 is 0. The van der Waals surface area contributed by atoms with Crippen LogP contribution in [-0.4, -0.2) is 43.7 Å². The molecule has 0 aliphatic carbocycles. The van der Waals surface area contributed by atoms with Crippen molar-refractivity contribution >= 4 is 5.94 Å². The average molecular weight is 259 g/mol. The van der Waals surface area contributed by atoms with E-state index in [0.717, 1.165) is 0 Å². The van der Waals surface area contributed by atoms with Gasteiger partial charge in [-0.2, -0.15) is 0 Å². The third-order valence-corrected chi connectivity index (χ3v) is 2.10. The van der Waals surface area contributed by atoms with Crippen LogP contribution in [0.2, 0.25) is 0 Å². The van der Waals surface area contributed by atoms with Crippen molar-refractivity contribution in [3.05, 3.63) is 5.57 Å². The van der Waals surface area contributed by atoms with Crippen molar-refractivity contribution in [3.63, 3.8) is 0 Å². The Labute approximate surface area is 109 Å². The van der Waals surface area contributed by atoms with Gasteiger partial charge >= 0.3 is 0 Å². The van der Waals surface area contributed by atoms with Gasteiger partial charge in [0.05, 0.1) is 23.8 Å². The lowest BCUT2D eigenvalue weighted by atomic mass is 10.1. The van der Waals surface area contributed by atoms with Crippen molar-refractivity contribution in [2.45, 2.75) is 52.6 Å². The largest absolute Gasteiger partial charge is 0.374 e. The number of nitrogens with two attached hydrogens (primary N) is 1. The quantitative estimate of drug-likeness (QED) is 0.525. The van der Waals surface area contributed by atoms with E-state index in [1.165, 1.54) is 0 Å². The van der Waals surface area contributed by atoms with Crippen LogP contribution in [0.4, 0.5) is 0 Å². The van der Waals surface area contributed by atoms with Crippen LogP contribution >= 0.6 is 0 Å². The second-order valence-corrected chi connectivity index (χ2v) is 4.83. The van der Waals surface area contributed by atoms with E-state index >= 15 is 0 Å². The van der Waals surface area contributed by atoms with Gasteiger partial charge in [-0.1, -0.05) is 0 Å². The lowest BCUT2D eigenvalue weighted by Gasteiger charge is -2.25. The highest BCUT2D eigenvalue weighted by Crippen LogP contribution is 2.13. The molecule has 18 heavy (non-hydrogen) atoms. The molecule has 5 heteroatoms. The van der Waals surface area contributed by atoms with Gasteiger partial charge in [0.15, 0.2) is 6.29 Å². The molecule has 0 amide bonds. The lowest BCUT2D eigenvalue weighted by molar-refractivity contribution is -0.115. The number of hydrogen-bond donors (Lipinski definition) is 1. The molecule has 0 bridgehead atoms. The number of rotatable bonds is 8. The first-order valence-electron chi connectivity index (χ1n) is 6.23. The van der Waals surface area contributed by atoms with Gasteiger partial charge in [0.25, 0.3) is 0 Å². The van der Waals surface area contributed by atoms with E-state index < -0.39 is 12.3 Å². The van der Waals surface area contributed by atoms with Gasteiger partial charge in [0, 0.05) is 13.2 Å². The van der Waals surface area contributed by atoms with Crippen LogP contribution in [0.25, 0.3) is 0 Å². The van der Waals surface area contributed by atoms with Crippen molar-refractivity contribution < 1.29 is 19.0 Å². The van der Waals surface area contributed by atoms with E-state index in [4.69, 9.17) is 19.9 Å². The minimum absolute atomic E-state index is 0.227. The number of ether oxygens (including phenoxy) is 3. The first-order chi connectivity index (χ1) is 8.35. The molecule has 0 aromatic heterocycles. The zero-order valence-corrected chi connectivity index (χ0v) is 12.0. The number of carbonyl (C=O) groups excluding carboxylic acids is 1. The highest BCUT2D eigenvalue weighted by Gasteiger charge is 2.24. The third kappa shape index (κ3) is 6.89. The molecule has 106 valence electrons. The molecule has 0 heterocycles. The molecular formula is C13H25NO4. The summed E-state index contributed by atoms with van der Waals surface area (Å²) in [6.07, 6.45) is -0.740. The Morgan fingerprint density at radius 3 is 2.06 bits per heavy atom. The van der Waals surface area contributed by atoms with Crippen LogP contribution < -0.4 is 5.73 Å². The average Bonchev–Trinajstić information content (AvgIpc) is 2.27. The molecule has 5 nitrogen and oxygen atoms in total. The second kappa shape index (κ2) is 8.40. The Morgan fingerprint density at radius 2 is 1.72 bits per heavy atom. The lowest BCUT2D eigenvalue weighted by Crippen LogP contribution is -2.39. The summed E-state index contributed by atoms with van der Waals surface area (Å²) in [5.41, 5.74) is 5.86. The summed E-state index contributed by atoms with van der Waals surface area (Å²) in [5, 5.41) is 0. The van der Waals surface area contributed by atoms with Crippen molar-refractivity contribution in [2.75, 3.05) is 19.8 Å². The maximum Gasteiger partial charge on any atom is 0.191 e. The van der Waals surface area contributed by atoms with Gasteiger partial charge in [-0.25, -0.2) is 4.79 Å². The molecule has 0 unspecified atom stereocenters. The number of hydrogen-bond acceptors (Lipinski definition) is 5. The van der Waals surface area contributed by atoms with Crippen molar-refractivity contribution in [1.29, 1.82) is 0 Å². The molecule has 0 aromatic rings. The molecular weight excluding hydrogens is 234 g/mol. The fourth-order valence-electron chi connectivity index (χ4n) is 1.26. The fraction of sp³-hybridized carbons (Fsp3) is 0.846. The van der Waals surface area contributed by atoms with E-state index in [1.807, 2.05) is 40.6 Å². The van der Waals surface area contributed by atoms with Crippen molar-refractivity contribution in [3.8, 4) is 0 Å². The zero-order valence-electron chi connectivity index (χ0n) is 12.0. The monoisotopic (exact) mass is 259 g/mol. The fourth-order valence-corrected chi connectivity index (χ4v) is 1.26. The van der Waals surface area contributed by atoms with Crippen molar-refractivity contribution in [1.82, 2.24) is 0 Å². The first-order valence-corrected chi connectivity index (χ1v) is 6.23. The molecule has 0 aromatic carbocycles. The molecule has 0 aliphatic rings. The Kier molecular flexibility index (Phi) is 8.07. The highest BCUT2D eigenvalue weighted by molar-refractivity contribution is 5.55. The summed E-state index contributed by atoms with van der Waals surface area (Å²) in [6, 6.07) is -0.579. The first kappa shape index (κ1) is 17.3. The molecule has 0 aliphatic heterocycles. The molecule has 0 saturated heterocycles. The van der Waals surface area contributed by atoms with Crippen LogP contribution in [0.15, 0.2) is 5.57 Å². The van der Waals surface area contributed by atoms with E-state index in [2.05, 4.69) is 0 Å². The summed E-state index contributed by atoms with van der Waals surface area (Å²) in [4.78, 5) is 11.0. The van der Waals surface area contributed by atoms with Crippen LogP contribution in [0.5, 0.6) is 0 Å². The van der Waals surface area contributed by atoms with Gasteiger partial charge in [-0.05, 0) is 34.6 Å². The predicted octanol–water partition coefficient (Wildman–Crippen LogP) is 1.29. The van der Waals surface area contributed by atoms with Gasteiger partial charge in [0.1, 0.15) is 5.94 Å². The van der Waals surface area contributed by atoms with E-state index in [-0.39, 0.29) is 17.8 Å². The molecule has 2 N–H and O–H groups in total. The van der Waals surface area contributed by atoms with Gasteiger partial charge < -0.3 is 19.9 Å². The summed E-state index contributed by atoms with van der Waals surface area (Å²) in [6.45, 7) is 10.5. The Bertz CT molecular complexity index is 273. The molecule has 0 spiro atoms. The highest BCUT2D eigenvalue weighted by atomic mass is 16.7. The summed E-state index contributed by atoms with van der Waals surface area (Å²) in [5.74, 6) is 1.82. The minimum atomic E-state index is -0.740. The molecule has 0 rings (SSSR count). The minimum Gasteiger partial charge on any atom is -0.374 e. The SMILES string of the molecule is CCOC(OCC)C(=C=O)[C@@H](N)COC(C)(C)C. The Morgan fingerprint density at radius 1 is 1.22 bits per heavy atom. The smallest absolute Gasteiger partial charge is 0.191 e. The molecule has 0 saturated carbocycles. The molecule has 0 radical (unpaired) electrons. The summed E-state index contributed by atoms with van der Waals surface area (Å²) in [7, 11) is 0. The van der Waals surface area contributed by atoms with Crippen LogP contribution in [0, 0.1) is 0 Å². The van der Waals surface area contributed by atoms with Crippen LogP contribution in [0.3, 0.4) is 0 Å². The van der Waals surface area contributed by atoms with E-state index in [1.54, 1.807) is 0 Å². The van der Waals surface area contributed by atoms with Gasteiger partial charge in [0.2, 0.25) is 0 Å².